The molecule has 2 aromatic carbocycles. The maximum absolute atomic E-state index is 13.8. The molecule has 2 rings (SSSR count). The molecule has 0 aromatic heterocycles. The average Bonchev–Trinajstić information content (AvgIpc) is 2.72. The molecule has 154 valence electrons. The highest BCUT2D eigenvalue weighted by atomic mass is 19.3. The molecule has 0 aliphatic rings. The highest BCUT2D eigenvalue weighted by Gasteiger charge is 2.29. The molecule has 1 nitrogen and oxygen atoms in total. The van der Waals surface area contributed by atoms with Crippen molar-refractivity contribution in [3.63, 3.8) is 0 Å². The van der Waals surface area contributed by atoms with E-state index < -0.39 is 6.11 Å². The molecule has 0 aliphatic heterocycles. The van der Waals surface area contributed by atoms with Crippen LogP contribution in [0.1, 0.15) is 68.9 Å². The lowest BCUT2D eigenvalue weighted by Gasteiger charge is -2.16. The number of unbranched alkanes of at least 4 members (excludes halogenated alkanes) is 7. The Labute approximate surface area is 169 Å². The van der Waals surface area contributed by atoms with Crippen molar-refractivity contribution >= 4 is 0 Å². The number of benzene rings is 2. The maximum Gasteiger partial charge on any atom is 0.356 e. The van der Waals surface area contributed by atoms with E-state index in [1.54, 1.807) is 0 Å². The fourth-order valence-electron chi connectivity index (χ4n) is 3.36. The zero-order valence-corrected chi connectivity index (χ0v) is 16.9. The van der Waals surface area contributed by atoms with Crippen molar-refractivity contribution in [2.45, 2.75) is 76.7 Å². The predicted molar refractivity (Wildman–Crippen MR) is 113 cm³/mol. The first-order chi connectivity index (χ1) is 13.7. The van der Waals surface area contributed by atoms with Gasteiger partial charge in [-0.1, -0.05) is 99.2 Å². The van der Waals surface area contributed by atoms with Crippen molar-refractivity contribution < 1.29 is 13.5 Å². The molecule has 0 spiro atoms. The Morgan fingerprint density at radius 2 is 1.04 bits per heavy atom. The molecule has 0 saturated carbocycles. The topological polar surface area (TPSA) is 9.23 Å². The van der Waals surface area contributed by atoms with E-state index in [2.05, 4.69) is 30.3 Å². The second-order valence-corrected chi connectivity index (χ2v) is 7.54. The molecule has 0 saturated heterocycles. The van der Waals surface area contributed by atoms with Crippen molar-refractivity contribution in [1.82, 2.24) is 0 Å². The highest BCUT2D eigenvalue weighted by molar-refractivity contribution is 5.15. The minimum Gasteiger partial charge on any atom is -0.320 e. The van der Waals surface area contributed by atoms with Crippen molar-refractivity contribution in [2.75, 3.05) is 6.61 Å². The molecule has 3 heteroatoms. The first kappa shape index (κ1) is 22.5. The third-order valence-electron chi connectivity index (χ3n) is 5.06. The van der Waals surface area contributed by atoms with E-state index in [0.717, 1.165) is 31.2 Å². The smallest absolute Gasteiger partial charge is 0.320 e. The predicted octanol–water partition coefficient (Wildman–Crippen LogP) is 7.59. The molecule has 0 bridgehead atoms. The van der Waals surface area contributed by atoms with Gasteiger partial charge in [0.05, 0.1) is 6.61 Å². The van der Waals surface area contributed by atoms with Crippen LogP contribution in [-0.2, 0) is 17.6 Å². The van der Waals surface area contributed by atoms with E-state index in [0.29, 0.717) is 6.42 Å². The van der Waals surface area contributed by atoms with E-state index >= 15 is 0 Å². The van der Waals surface area contributed by atoms with Gasteiger partial charge in [-0.2, -0.15) is 8.78 Å². The van der Waals surface area contributed by atoms with Crippen molar-refractivity contribution in [1.29, 1.82) is 0 Å². The van der Waals surface area contributed by atoms with Crippen LogP contribution in [0.5, 0.6) is 0 Å². The van der Waals surface area contributed by atoms with Gasteiger partial charge in [-0.05, 0) is 36.8 Å². The minimum absolute atomic E-state index is 0.152. The van der Waals surface area contributed by atoms with Gasteiger partial charge in [-0.3, -0.25) is 0 Å². The van der Waals surface area contributed by atoms with Crippen LogP contribution in [-0.4, -0.2) is 12.7 Å². The van der Waals surface area contributed by atoms with E-state index in [1.807, 2.05) is 30.3 Å². The molecule has 0 amide bonds. The second kappa shape index (κ2) is 13.4. The van der Waals surface area contributed by atoms with Crippen molar-refractivity contribution in [3.05, 3.63) is 71.8 Å². The molecule has 0 unspecified atom stereocenters. The zero-order chi connectivity index (χ0) is 19.9. The van der Waals surface area contributed by atoms with Gasteiger partial charge in [-0.15, -0.1) is 0 Å². The summed E-state index contributed by atoms with van der Waals surface area (Å²) in [5, 5.41) is 0. The van der Waals surface area contributed by atoms with Gasteiger partial charge >= 0.3 is 6.11 Å². The number of rotatable bonds is 15. The molecule has 0 fully saturated rings. The van der Waals surface area contributed by atoms with E-state index in [1.165, 1.54) is 37.7 Å². The monoisotopic (exact) mass is 388 g/mol. The van der Waals surface area contributed by atoms with E-state index in [-0.39, 0.29) is 13.0 Å². The summed E-state index contributed by atoms with van der Waals surface area (Å²) in [4.78, 5) is 0. The number of ether oxygens (including phenoxy) is 1. The van der Waals surface area contributed by atoms with Crippen LogP contribution in [0, 0.1) is 0 Å². The van der Waals surface area contributed by atoms with Crippen LogP contribution in [0.15, 0.2) is 60.7 Å². The summed E-state index contributed by atoms with van der Waals surface area (Å²) in [5.41, 5.74) is 2.35. The summed E-state index contributed by atoms with van der Waals surface area (Å²) in [6, 6.07) is 20.0. The Bertz CT molecular complexity index is 613. The third-order valence-corrected chi connectivity index (χ3v) is 5.06. The van der Waals surface area contributed by atoms with Crippen LogP contribution < -0.4 is 0 Å². The third kappa shape index (κ3) is 10.6. The Morgan fingerprint density at radius 3 is 1.61 bits per heavy atom. The first-order valence-corrected chi connectivity index (χ1v) is 10.8. The number of halogens is 2. The molecule has 28 heavy (non-hydrogen) atoms. The lowest BCUT2D eigenvalue weighted by atomic mass is 10.0. The van der Waals surface area contributed by atoms with Gasteiger partial charge < -0.3 is 4.74 Å². The van der Waals surface area contributed by atoms with Gasteiger partial charge in [0, 0.05) is 6.42 Å². The summed E-state index contributed by atoms with van der Waals surface area (Å²) < 4.78 is 32.3. The summed E-state index contributed by atoms with van der Waals surface area (Å²) in [5.74, 6) is 0. The molecule has 0 radical (unpaired) electrons. The summed E-state index contributed by atoms with van der Waals surface area (Å²) in [6.07, 6.45) is 7.25. The Kier molecular flexibility index (Phi) is 10.8. The first-order valence-electron chi connectivity index (χ1n) is 10.8. The molecular formula is C25H34F2O. The van der Waals surface area contributed by atoms with Gasteiger partial charge in [0.25, 0.3) is 0 Å². The standard InChI is InChI=1S/C25H34F2O/c26-25(27,21-20-24-18-12-8-13-19-24)28-22-14-6-4-2-1-3-5-9-15-23-16-10-7-11-17-23/h7-8,10-13,16-19H,1-6,9,14-15,20-22H2. The fraction of sp³-hybridized carbons (Fsp3) is 0.520. The van der Waals surface area contributed by atoms with E-state index in [4.69, 9.17) is 4.74 Å². The minimum atomic E-state index is -3.02. The van der Waals surface area contributed by atoms with Gasteiger partial charge in [0.2, 0.25) is 0 Å². The number of alkyl halides is 2. The summed E-state index contributed by atoms with van der Waals surface area (Å²) in [6.45, 7) is 0.152. The number of aryl methyl sites for hydroxylation is 2. The molecule has 0 atom stereocenters. The van der Waals surface area contributed by atoms with Gasteiger partial charge in [0.1, 0.15) is 0 Å². The lowest BCUT2D eigenvalue weighted by Crippen LogP contribution is -2.22. The summed E-state index contributed by atoms with van der Waals surface area (Å²) >= 11 is 0. The Hall–Kier alpha value is -1.74. The van der Waals surface area contributed by atoms with Gasteiger partial charge in [0.15, 0.2) is 0 Å². The fourth-order valence-corrected chi connectivity index (χ4v) is 3.36. The number of hydrogen-bond acceptors (Lipinski definition) is 1. The van der Waals surface area contributed by atoms with Crippen LogP contribution in [0.4, 0.5) is 8.78 Å². The quantitative estimate of drug-likeness (QED) is 0.286. The lowest BCUT2D eigenvalue weighted by molar-refractivity contribution is -0.242. The molecule has 0 N–H and O–H groups in total. The molecule has 0 heterocycles. The largest absolute Gasteiger partial charge is 0.356 e. The average molecular weight is 389 g/mol. The van der Waals surface area contributed by atoms with Gasteiger partial charge in [-0.25, -0.2) is 0 Å². The molecule has 0 aliphatic carbocycles. The van der Waals surface area contributed by atoms with Crippen molar-refractivity contribution in [2.24, 2.45) is 0 Å². The second-order valence-electron chi connectivity index (χ2n) is 7.54. The zero-order valence-electron chi connectivity index (χ0n) is 16.9. The van der Waals surface area contributed by atoms with Crippen LogP contribution >= 0.6 is 0 Å². The maximum atomic E-state index is 13.8. The van der Waals surface area contributed by atoms with Crippen LogP contribution in [0.25, 0.3) is 0 Å². The Balaban J connectivity index is 1.38. The van der Waals surface area contributed by atoms with Crippen LogP contribution in [0.3, 0.4) is 0 Å². The van der Waals surface area contributed by atoms with Crippen molar-refractivity contribution in [3.8, 4) is 0 Å². The molecular weight excluding hydrogens is 354 g/mol. The van der Waals surface area contributed by atoms with E-state index in [9.17, 15) is 8.78 Å². The highest BCUT2D eigenvalue weighted by Crippen LogP contribution is 2.23. The summed E-state index contributed by atoms with van der Waals surface area (Å²) in [7, 11) is 0. The van der Waals surface area contributed by atoms with Crippen LogP contribution in [0.2, 0.25) is 0 Å². The molecule has 2 aromatic rings. The number of hydrogen-bond donors (Lipinski definition) is 0. The Morgan fingerprint density at radius 1 is 0.571 bits per heavy atom. The SMILES string of the molecule is FC(F)(CCc1ccccc1)OCCCCCCCCCCc1ccccc1. The normalized spacial score (nSPS) is 11.6.